The predicted octanol–water partition coefficient (Wildman–Crippen LogP) is 3.91. The van der Waals surface area contributed by atoms with Crippen molar-refractivity contribution in [3.63, 3.8) is 0 Å². The van der Waals surface area contributed by atoms with Crippen LogP contribution in [-0.4, -0.2) is 36.6 Å². The van der Waals surface area contributed by atoms with Crippen LogP contribution in [0, 0.1) is 17.8 Å². The van der Waals surface area contributed by atoms with Crippen molar-refractivity contribution >= 4 is 0 Å². The van der Waals surface area contributed by atoms with E-state index in [2.05, 4.69) is 37.9 Å². The Morgan fingerprint density at radius 2 is 1.95 bits per heavy atom. The van der Waals surface area contributed by atoms with Gasteiger partial charge in [0, 0.05) is 31.7 Å². The second kappa shape index (κ2) is 7.79. The van der Waals surface area contributed by atoms with Gasteiger partial charge in [0.1, 0.15) is 0 Å². The van der Waals surface area contributed by atoms with Crippen LogP contribution in [0.4, 0.5) is 0 Å². The quantitative estimate of drug-likeness (QED) is 0.821. The molecule has 118 valence electrons. The minimum absolute atomic E-state index is 0.710. The van der Waals surface area contributed by atoms with Crippen molar-refractivity contribution in [2.45, 2.75) is 78.3 Å². The first-order valence-electron chi connectivity index (χ1n) is 9.13. The Labute approximate surface area is 126 Å². The Bertz CT molecular complexity index is 279. The Balaban J connectivity index is 1.94. The first-order chi connectivity index (χ1) is 9.65. The highest BCUT2D eigenvalue weighted by Gasteiger charge is 2.32. The number of nitrogens with one attached hydrogen (secondary N) is 1. The second-order valence-corrected chi connectivity index (χ2v) is 7.44. The summed E-state index contributed by atoms with van der Waals surface area (Å²) in [5.41, 5.74) is 0. The van der Waals surface area contributed by atoms with Crippen molar-refractivity contribution in [1.82, 2.24) is 10.2 Å². The summed E-state index contributed by atoms with van der Waals surface area (Å²) in [6.45, 7) is 13.4. The van der Waals surface area contributed by atoms with Crippen LogP contribution in [0.1, 0.15) is 66.2 Å². The van der Waals surface area contributed by atoms with E-state index in [1.54, 1.807) is 0 Å². The molecule has 2 rings (SSSR count). The fourth-order valence-electron chi connectivity index (χ4n) is 4.14. The lowest BCUT2D eigenvalue weighted by Gasteiger charge is -2.45. The van der Waals surface area contributed by atoms with Gasteiger partial charge < -0.3 is 5.32 Å². The molecule has 1 aliphatic heterocycles. The van der Waals surface area contributed by atoms with Crippen LogP contribution in [0.5, 0.6) is 0 Å². The number of piperazine rings is 1. The van der Waals surface area contributed by atoms with Gasteiger partial charge >= 0.3 is 0 Å². The van der Waals surface area contributed by atoms with E-state index in [0.717, 1.165) is 23.8 Å². The van der Waals surface area contributed by atoms with Crippen LogP contribution < -0.4 is 5.32 Å². The largest absolute Gasteiger partial charge is 0.311 e. The maximum atomic E-state index is 3.81. The Morgan fingerprint density at radius 1 is 1.20 bits per heavy atom. The highest BCUT2D eigenvalue weighted by atomic mass is 15.2. The zero-order valence-electron chi connectivity index (χ0n) is 14.2. The number of rotatable bonds is 5. The molecule has 1 aliphatic carbocycles. The molecule has 2 nitrogen and oxygen atoms in total. The van der Waals surface area contributed by atoms with Crippen LogP contribution in [0.15, 0.2) is 0 Å². The average Bonchev–Trinajstić information content (AvgIpc) is 2.48. The lowest BCUT2D eigenvalue weighted by molar-refractivity contribution is 0.0685. The standard InChI is InChI=1S/C18H36N2/c1-5-14(3)18-13-20(17(6-2)11-19-18)12-16-10-8-7-9-15(16)4/h14-19H,5-13H2,1-4H3. The van der Waals surface area contributed by atoms with Gasteiger partial charge in [0.25, 0.3) is 0 Å². The molecule has 20 heavy (non-hydrogen) atoms. The molecule has 0 aromatic rings. The van der Waals surface area contributed by atoms with Crippen molar-refractivity contribution < 1.29 is 0 Å². The summed E-state index contributed by atoms with van der Waals surface area (Å²) >= 11 is 0. The van der Waals surface area contributed by atoms with Gasteiger partial charge in [-0.25, -0.2) is 0 Å². The van der Waals surface area contributed by atoms with Crippen molar-refractivity contribution in [2.75, 3.05) is 19.6 Å². The maximum absolute atomic E-state index is 3.81. The Hall–Kier alpha value is -0.0800. The van der Waals surface area contributed by atoms with E-state index in [1.165, 1.54) is 58.2 Å². The van der Waals surface area contributed by atoms with Gasteiger partial charge in [-0.05, 0) is 30.6 Å². The predicted molar refractivity (Wildman–Crippen MR) is 88.0 cm³/mol. The van der Waals surface area contributed by atoms with Crippen LogP contribution in [0.25, 0.3) is 0 Å². The van der Waals surface area contributed by atoms with Crippen LogP contribution in [0.3, 0.4) is 0 Å². The molecule has 0 radical (unpaired) electrons. The van der Waals surface area contributed by atoms with E-state index in [0.29, 0.717) is 6.04 Å². The monoisotopic (exact) mass is 280 g/mol. The molecule has 0 aromatic carbocycles. The Kier molecular flexibility index (Phi) is 6.35. The summed E-state index contributed by atoms with van der Waals surface area (Å²) in [7, 11) is 0. The topological polar surface area (TPSA) is 15.3 Å². The molecule has 2 fully saturated rings. The van der Waals surface area contributed by atoms with E-state index >= 15 is 0 Å². The second-order valence-electron chi connectivity index (χ2n) is 7.44. The molecule has 1 saturated carbocycles. The fourth-order valence-corrected chi connectivity index (χ4v) is 4.14. The van der Waals surface area contributed by atoms with Crippen LogP contribution in [0.2, 0.25) is 0 Å². The summed E-state index contributed by atoms with van der Waals surface area (Å²) in [5, 5.41) is 3.81. The molecule has 5 unspecified atom stereocenters. The molecule has 1 N–H and O–H groups in total. The summed E-state index contributed by atoms with van der Waals surface area (Å²) in [5.74, 6) is 2.70. The third-order valence-electron chi connectivity index (χ3n) is 6.12. The van der Waals surface area contributed by atoms with E-state index in [4.69, 9.17) is 0 Å². The number of nitrogens with zero attached hydrogens (tertiary/aromatic N) is 1. The van der Waals surface area contributed by atoms with E-state index < -0.39 is 0 Å². The van der Waals surface area contributed by atoms with Gasteiger partial charge in [-0.1, -0.05) is 53.4 Å². The molecule has 2 heteroatoms. The summed E-state index contributed by atoms with van der Waals surface area (Å²) in [6.07, 6.45) is 8.44. The smallest absolute Gasteiger partial charge is 0.0221 e. The van der Waals surface area contributed by atoms with Crippen molar-refractivity contribution in [2.24, 2.45) is 17.8 Å². The molecular weight excluding hydrogens is 244 g/mol. The van der Waals surface area contributed by atoms with Crippen molar-refractivity contribution in [3.05, 3.63) is 0 Å². The van der Waals surface area contributed by atoms with Gasteiger partial charge in [-0.15, -0.1) is 0 Å². The zero-order valence-corrected chi connectivity index (χ0v) is 14.2. The van der Waals surface area contributed by atoms with E-state index in [-0.39, 0.29) is 0 Å². The molecule has 0 spiro atoms. The molecule has 1 saturated heterocycles. The van der Waals surface area contributed by atoms with Crippen LogP contribution in [-0.2, 0) is 0 Å². The molecular formula is C18H36N2. The highest BCUT2D eigenvalue weighted by molar-refractivity contribution is 4.89. The molecule has 5 atom stereocenters. The molecule has 0 amide bonds. The lowest BCUT2D eigenvalue weighted by Crippen LogP contribution is -2.59. The zero-order chi connectivity index (χ0) is 14.5. The van der Waals surface area contributed by atoms with Gasteiger partial charge in [-0.2, -0.15) is 0 Å². The number of hydrogen-bond donors (Lipinski definition) is 1. The van der Waals surface area contributed by atoms with Gasteiger partial charge in [0.15, 0.2) is 0 Å². The normalized spacial score (nSPS) is 37.8. The summed E-state index contributed by atoms with van der Waals surface area (Å²) < 4.78 is 0. The lowest BCUT2D eigenvalue weighted by atomic mass is 9.79. The number of hydrogen-bond acceptors (Lipinski definition) is 2. The van der Waals surface area contributed by atoms with Gasteiger partial charge in [-0.3, -0.25) is 4.90 Å². The van der Waals surface area contributed by atoms with Crippen molar-refractivity contribution in [1.29, 1.82) is 0 Å². The molecule has 2 aliphatic rings. The molecule has 0 aromatic heterocycles. The minimum atomic E-state index is 0.710. The molecule has 0 bridgehead atoms. The molecule has 1 heterocycles. The Morgan fingerprint density at radius 3 is 2.60 bits per heavy atom. The van der Waals surface area contributed by atoms with E-state index in [1.807, 2.05) is 0 Å². The summed E-state index contributed by atoms with van der Waals surface area (Å²) in [4.78, 5) is 2.83. The van der Waals surface area contributed by atoms with Gasteiger partial charge in [0.05, 0.1) is 0 Å². The minimum Gasteiger partial charge on any atom is -0.311 e. The first kappa shape index (κ1) is 16.3. The summed E-state index contributed by atoms with van der Waals surface area (Å²) in [6, 6.07) is 1.48. The van der Waals surface area contributed by atoms with E-state index in [9.17, 15) is 0 Å². The fraction of sp³-hybridized carbons (Fsp3) is 1.00. The highest BCUT2D eigenvalue weighted by Crippen LogP contribution is 2.31. The average molecular weight is 280 g/mol. The third-order valence-corrected chi connectivity index (χ3v) is 6.12. The third kappa shape index (κ3) is 3.98. The first-order valence-corrected chi connectivity index (χ1v) is 9.13. The van der Waals surface area contributed by atoms with Gasteiger partial charge in [0.2, 0.25) is 0 Å². The van der Waals surface area contributed by atoms with Crippen LogP contribution >= 0.6 is 0 Å². The maximum Gasteiger partial charge on any atom is 0.0221 e. The van der Waals surface area contributed by atoms with Crippen molar-refractivity contribution in [3.8, 4) is 0 Å². The SMILES string of the molecule is CCC(C)C1CN(CC2CCCCC2C)C(CC)CN1.